The standard InChI is InChI=1S/C26H21FO5/c27-18-6-2-1-5-17(18)26(30)31-16-13-11-15(12-14-16)23-24-19(28)7-3-9-21(24)32-22-10-4-8-20(29)25(22)23/h1-2,5-6,11-14,23H,3-4,7-10H2. The Hall–Kier alpha value is -3.54. The van der Waals surface area contributed by atoms with Gasteiger partial charge in [-0.05, 0) is 42.7 Å². The summed E-state index contributed by atoms with van der Waals surface area (Å²) in [5.74, 6) is -0.284. The number of rotatable bonds is 3. The van der Waals surface area contributed by atoms with Crippen molar-refractivity contribution in [3.8, 4) is 5.75 Å². The lowest BCUT2D eigenvalue weighted by Crippen LogP contribution is -2.30. The molecule has 0 saturated carbocycles. The molecule has 3 aliphatic rings. The number of hydrogen-bond acceptors (Lipinski definition) is 5. The highest BCUT2D eigenvalue weighted by Gasteiger charge is 2.41. The first kappa shape index (κ1) is 20.4. The van der Waals surface area contributed by atoms with E-state index in [0.29, 0.717) is 48.3 Å². The minimum Gasteiger partial charge on any atom is -0.465 e. The fraction of sp³-hybridized carbons (Fsp3) is 0.269. The van der Waals surface area contributed by atoms with Crippen molar-refractivity contribution in [3.63, 3.8) is 0 Å². The summed E-state index contributed by atoms with van der Waals surface area (Å²) in [5.41, 5.74) is 1.76. The summed E-state index contributed by atoms with van der Waals surface area (Å²) in [7, 11) is 0. The van der Waals surface area contributed by atoms with E-state index in [1.54, 1.807) is 30.3 Å². The molecule has 1 heterocycles. The number of halogens is 1. The maximum Gasteiger partial charge on any atom is 0.346 e. The normalized spacial score (nSPS) is 18.8. The van der Waals surface area contributed by atoms with Gasteiger partial charge in [-0.3, -0.25) is 9.59 Å². The number of allylic oxidation sites excluding steroid dienone is 4. The van der Waals surface area contributed by atoms with Crippen LogP contribution in [0.25, 0.3) is 0 Å². The van der Waals surface area contributed by atoms with Crippen LogP contribution < -0.4 is 4.74 Å². The smallest absolute Gasteiger partial charge is 0.346 e. The van der Waals surface area contributed by atoms with Crippen molar-refractivity contribution in [1.82, 2.24) is 0 Å². The average molecular weight is 432 g/mol. The van der Waals surface area contributed by atoms with E-state index in [-0.39, 0.29) is 22.9 Å². The highest BCUT2D eigenvalue weighted by atomic mass is 19.1. The Morgan fingerprint density at radius 3 is 2.03 bits per heavy atom. The number of hydrogen-bond donors (Lipinski definition) is 0. The number of benzene rings is 2. The molecule has 2 aliphatic carbocycles. The van der Waals surface area contributed by atoms with Crippen molar-refractivity contribution in [3.05, 3.63) is 88.1 Å². The van der Waals surface area contributed by atoms with Gasteiger partial charge in [0.05, 0.1) is 5.56 Å². The molecule has 2 aromatic carbocycles. The van der Waals surface area contributed by atoms with Crippen molar-refractivity contribution in [1.29, 1.82) is 0 Å². The molecule has 0 bridgehead atoms. The van der Waals surface area contributed by atoms with E-state index >= 15 is 0 Å². The molecule has 0 aromatic heterocycles. The molecule has 6 heteroatoms. The second kappa shape index (κ2) is 8.19. The molecular weight excluding hydrogens is 411 g/mol. The number of ketones is 2. The SMILES string of the molecule is O=C1CCCC2=C1C(c1ccc(OC(=O)c3ccccc3F)cc1)C1=C(CCCC1=O)O2. The average Bonchev–Trinajstić information content (AvgIpc) is 2.79. The third kappa shape index (κ3) is 3.55. The summed E-state index contributed by atoms with van der Waals surface area (Å²) in [6, 6.07) is 12.3. The van der Waals surface area contributed by atoms with E-state index in [1.165, 1.54) is 18.2 Å². The Bertz CT molecular complexity index is 1150. The van der Waals surface area contributed by atoms with Gasteiger partial charge in [0.25, 0.3) is 0 Å². The topological polar surface area (TPSA) is 69.7 Å². The van der Waals surface area contributed by atoms with E-state index in [0.717, 1.165) is 18.4 Å². The monoisotopic (exact) mass is 432 g/mol. The molecular formula is C26H21FO5. The van der Waals surface area contributed by atoms with Gasteiger partial charge in [0.1, 0.15) is 23.1 Å². The highest BCUT2D eigenvalue weighted by Crippen LogP contribution is 2.47. The molecule has 1 aliphatic heterocycles. The molecule has 2 aromatic rings. The zero-order valence-electron chi connectivity index (χ0n) is 17.4. The van der Waals surface area contributed by atoms with E-state index in [2.05, 4.69) is 0 Å². The predicted molar refractivity (Wildman–Crippen MR) is 113 cm³/mol. The molecule has 5 rings (SSSR count). The van der Waals surface area contributed by atoms with Gasteiger partial charge in [-0.25, -0.2) is 9.18 Å². The van der Waals surface area contributed by atoms with Crippen LogP contribution >= 0.6 is 0 Å². The van der Waals surface area contributed by atoms with Crippen LogP contribution in [0.5, 0.6) is 5.75 Å². The minimum atomic E-state index is -0.790. The lowest BCUT2D eigenvalue weighted by molar-refractivity contribution is -0.117. The van der Waals surface area contributed by atoms with Crippen LogP contribution in [0.2, 0.25) is 0 Å². The second-order valence-corrected chi connectivity index (χ2v) is 8.20. The first-order valence-electron chi connectivity index (χ1n) is 10.8. The molecule has 5 nitrogen and oxygen atoms in total. The molecule has 32 heavy (non-hydrogen) atoms. The van der Waals surface area contributed by atoms with Crippen molar-refractivity contribution in [2.75, 3.05) is 0 Å². The fourth-order valence-electron chi connectivity index (χ4n) is 4.67. The van der Waals surface area contributed by atoms with E-state index in [1.807, 2.05) is 0 Å². The summed E-state index contributed by atoms with van der Waals surface area (Å²) >= 11 is 0. The Kier molecular flexibility index (Phi) is 5.21. The zero-order chi connectivity index (χ0) is 22.2. The van der Waals surface area contributed by atoms with E-state index in [9.17, 15) is 18.8 Å². The van der Waals surface area contributed by atoms with Gasteiger partial charge in [0.15, 0.2) is 11.6 Å². The van der Waals surface area contributed by atoms with Crippen LogP contribution in [0.1, 0.15) is 60.4 Å². The number of esters is 1. The second-order valence-electron chi connectivity index (χ2n) is 8.20. The Morgan fingerprint density at radius 2 is 1.44 bits per heavy atom. The van der Waals surface area contributed by atoms with Gasteiger partial charge < -0.3 is 9.47 Å². The maximum atomic E-state index is 13.9. The van der Waals surface area contributed by atoms with E-state index < -0.39 is 17.7 Å². The van der Waals surface area contributed by atoms with Crippen LogP contribution in [0, 0.1) is 5.82 Å². The van der Waals surface area contributed by atoms with Gasteiger partial charge in [0, 0.05) is 42.7 Å². The molecule has 162 valence electrons. The number of ether oxygens (including phenoxy) is 2. The molecule has 0 amide bonds. The third-order valence-electron chi connectivity index (χ3n) is 6.16. The van der Waals surface area contributed by atoms with Gasteiger partial charge in [-0.15, -0.1) is 0 Å². The molecule has 0 fully saturated rings. The molecule has 0 spiro atoms. The largest absolute Gasteiger partial charge is 0.465 e. The Labute approximate surface area is 184 Å². The van der Waals surface area contributed by atoms with Gasteiger partial charge in [-0.1, -0.05) is 24.3 Å². The van der Waals surface area contributed by atoms with Gasteiger partial charge in [-0.2, -0.15) is 0 Å². The lowest BCUT2D eigenvalue weighted by atomic mass is 9.73. The molecule has 0 radical (unpaired) electrons. The highest BCUT2D eigenvalue weighted by molar-refractivity contribution is 6.05. The summed E-state index contributed by atoms with van der Waals surface area (Å²) < 4.78 is 25.2. The van der Waals surface area contributed by atoms with Crippen LogP contribution in [0.4, 0.5) is 4.39 Å². The van der Waals surface area contributed by atoms with Crippen molar-refractivity contribution in [2.45, 2.75) is 44.4 Å². The van der Waals surface area contributed by atoms with Crippen LogP contribution in [-0.2, 0) is 14.3 Å². The minimum absolute atomic E-state index is 0.0104. The number of carbonyl (C=O) groups is 3. The van der Waals surface area contributed by atoms with Crippen LogP contribution in [0.15, 0.2) is 71.2 Å². The predicted octanol–water partition coefficient (Wildman–Crippen LogP) is 5.17. The molecule has 0 atom stereocenters. The third-order valence-corrected chi connectivity index (χ3v) is 6.16. The lowest BCUT2D eigenvalue weighted by Gasteiger charge is -2.36. The summed E-state index contributed by atoms with van der Waals surface area (Å²) in [5, 5.41) is 0. The first-order chi connectivity index (χ1) is 15.5. The Morgan fingerprint density at radius 1 is 0.844 bits per heavy atom. The van der Waals surface area contributed by atoms with E-state index in [4.69, 9.17) is 9.47 Å². The number of carbonyl (C=O) groups excluding carboxylic acids is 3. The van der Waals surface area contributed by atoms with Gasteiger partial charge in [0.2, 0.25) is 0 Å². The molecule has 0 unspecified atom stereocenters. The maximum absolute atomic E-state index is 13.9. The first-order valence-corrected chi connectivity index (χ1v) is 10.8. The van der Waals surface area contributed by atoms with Gasteiger partial charge >= 0.3 is 5.97 Å². The van der Waals surface area contributed by atoms with Crippen LogP contribution in [0.3, 0.4) is 0 Å². The number of Topliss-reactive ketones (excluding diaryl/α,β-unsaturated/α-hetero) is 2. The quantitative estimate of drug-likeness (QED) is 0.494. The molecule has 0 saturated heterocycles. The van der Waals surface area contributed by atoms with Crippen LogP contribution in [-0.4, -0.2) is 17.5 Å². The zero-order valence-corrected chi connectivity index (χ0v) is 17.4. The molecule has 0 N–H and O–H groups in total. The Balaban J connectivity index is 1.48. The van der Waals surface area contributed by atoms with Crippen molar-refractivity contribution >= 4 is 17.5 Å². The summed E-state index contributed by atoms with van der Waals surface area (Å²) in [6.45, 7) is 0. The van der Waals surface area contributed by atoms with Crippen molar-refractivity contribution in [2.24, 2.45) is 0 Å². The summed E-state index contributed by atoms with van der Waals surface area (Å²) in [6.07, 6.45) is 3.72. The van der Waals surface area contributed by atoms with Crippen molar-refractivity contribution < 1.29 is 28.2 Å². The fourth-order valence-corrected chi connectivity index (χ4v) is 4.67. The summed E-state index contributed by atoms with van der Waals surface area (Å²) in [4.78, 5) is 37.9.